The Morgan fingerprint density at radius 2 is 2.20 bits per heavy atom. The molecule has 0 aliphatic heterocycles. The summed E-state index contributed by atoms with van der Waals surface area (Å²) in [4.78, 5) is 25.2. The summed E-state index contributed by atoms with van der Waals surface area (Å²) < 4.78 is 0. The van der Waals surface area contributed by atoms with Gasteiger partial charge in [0, 0.05) is 20.3 Å². The van der Waals surface area contributed by atoms with Crippen molar-refractivity contribution in [1.29, 1.82) is 0 Å². The molecule has 0 aliphatic carbocycles. The molecule has 1 amide bonds. The van der Waals surface area contributed by atoms with Crippen molar-refractivity contribution in [2.75, 3.05) is 14.1 Å². The molecule has 2 heterocycles. The van der Waals surface area contributed by atoms with E-state index in [2.05, 4.69) is 21.1 Å². The number of aromatic nitrogens is 3. The minimum atomic E-state index is -0.137. The van der Waals surface area contributed by atoms with Crippen LogP contribution in [0.1, 0.15) is 10.4 Å². The SMILES string of the molecule is CN(C)C(=O)c1cncc2nc[c]nc12. The van der Waals surface area contributed by atoms with E-state index in [0.29, 0.717) is 16.6 Å². The summed E-state index contributed by atoms with van der Waals surface area (Å²) in [6, 6.07) is 0. The van der Waals surface area contributed by atoms with Gasteiger partial charge in [0.15, 0.2) is 0 Å². The Morgan fingerprint density at radius 1 is 1.40 bits per heavy atom. The van der Waals surface area contributed by atoms with Gasteiger partial charge in [-0.15, -0.1) is 0 Å². The number of carbonyl (C=O) groups is 1. The zero-order valence-corrected chi connectivity index (χ0v) is 8.43. The van der Waals surface area contributed by atoms with Crippen molar-refractivity contribution in [3.63, 3.8) is 0 Å². The summed E-state index contributed by atoms with van der Waals surface area (Å²) >= 11 is 0. The van der Waals surface area contributed by atoms with Gasteiger partial charge in [-0.1, -0.05) is 0 Å². The van der Waals surface area contributed by atoms with Gasteiger partial charge in [0.1, 0.15) is 17.2 Å². The van der Waals surface area contributed by atoms with E-state index in [1.807, 2.05) is 0 Å². The lowest BCUT2D eigenvalue weighted by Crippen LogP contribution is -2.22. The highest BCUT2D eigenvalue weighted by atomic mass is 16.2. The first-order chi connectivity index (χ1) is 7.20. The van der Waals surface area contributed by atoms with Crippen LogP contribution in [0.2, 0.25) is 0 Å². The van der Waals surface area contributed by atoms with Crippen LogP contribution in [0.15, 0.2) is 18.6 Å². The lowest BCUT2D eigenvalue weighted by Gasteiger charge is -2.10. The highest BCUT2D eigenvalue weighted by molar-refractivity contribution is 6.03. The zero-order chi connectivity index (χ0) is 10.8. The third-order valence-corrected chi connectivity index (χ3v) is 1.97. The molecular weight excluding hydrogens is 192 g/mol. The molecule has 0 atom stereocenters. The number of amides is 1. The second kappa shape index (κ2) is 3.61. The van der Waals surface area contributed by atoms with Crippen molar-refractivity contribution in [3.05, 3.63) is 30.4 Å². The van der Waals surface area contributed by atoms with E-state index >= 15 is 0 Å². The molecule has 2 rings (SSSR count). The second-order valence-corrected chi connectivity index (χ2v) is 3.25. The number of rotatable bonds is 1. The van der Waals surface area contributed by atoms with Crippen molar-refractivity contribution in [2.45, 2.75) is 0 Å². The van der Waals surface area contributed by atoms with E-state index in [4.69, 9.17) is 0 Å². The Kier molecular flexibility index (Phi) is 2.29. The lowest BCUT2D eigenvalue weighted by atomic mass is 10.2. The van der Waals surface area contributed by atoms with E-state index in [0.717, 1.165) is 0 Å². The molecule has 2 aromatic heterocycles. The molecule has 0 bridgehead atoms. The largest absolute Gasteiger partial charge is 0.345 e. The molecule has 75 valence electrons. The van der Waals surface area contributed by atoms with Crippen LogP contribution in [0.25, 0.3) is 11.0 Å². The highest BCUT2D eigenvalue weighted by Gasteiger charge is 2.13. The van der Waals surface area contributed by atoms with Crippen LogP contribution >= 0.6 is 0 Å². The smallest absolute Gasteiger partial charge is 0.257 e. The maximum Gasteiger partial charge on any atom is 0.257 e. The molecule has 15 heavy (non-hydrogen) atoms. The van der Waals surface area contributed by atoms with E-state index in [-0.39, 0.29) is 5.91 Å². The number of hydrogen-bond donors (Lipinski definition) is 0. The van der Waals surface area contributed by atoms with E-state index in [9.17, 15) is 4.79 Å². The molecule has 0 saturated heterocycles. The van der Waals surface area contributed by atoms with Gasteiger partial charge in [-0.05, 0) is 0 Å². The van der Waals surface area contributed by atoms with Gasteiger partial charge in [-0.2, -0.15) is 0 Å². The van der Waals surface area contributed by atoms with Gasteiger partial charge in [-0.3, -0.25) is 14.8 Å². The molecule has 0 fully saturated rings. The lowest BCUT2D eigenvalue weighted by molar-refractivity contribution is 0.0829. The van der Waals surface area contributed by atoms with Crippen molar-refractivity contribution < 1.29 is 4.79 Å². The first-order valence-corrected chi connectivity index (χ1v) is 4.38. The fourth-order valence-corrected chi connectivity index (χ4v) is 1.24. The molecule has 0 aliphatic rings. The van der Waals surface area contributed by atoms with Crippen LogP contribution in [0.5, 0.6) is 0 Å². The number of carbonyl (C=O) groups excluding carboxylic acids is 1. The van der Waals surface area contributed by atoms with Crippen LogP contribution < -0.4 is 0 Å². The Morgan fingerprint density at radius 3 is 2.93 bits per heavy atom. The summed E-state index contributed by atoms with van der Waals surface area (Å²) in [5, 5.41) is 0. The van der Waals surface area contributed by atoms with Gasteiger partial charge in [0.2, 0.25) is 0 Å². The van der Waals surface area contributed by atoms with Crippen LogP contribution in [0.4, 0.5) is 0 Å². The molecule has 5 nitrogen and oxygen atoms in total. The molecule has 0 saturated carbocycles. The molecule has 0 N–H and O–H groups in total. The predicted molar refractivity (Wildman–Crippen MR) is 54.2 cm³/mol. The van der Waals surface area contributed by atoms with Gasteiger partial charge in [-0.25, -0.2) is 4.98 Å². The second-order valence-electron chi connectivity index (χ2n) is 3.25. The molecule has 0 aromatic carbocycles. The average molecular weight is 201 g/mol. The first kappa shape index (κ1) is 9.51. The topological polar surface area (TPSA) is 59.0 Å². The minimum absolute atomic E-state index is 0.137. The molecular formula is C10H9N4O. The molecule has 2 aromatic rings. The normalized spacial score (nSPS) is 10.3. The summed E-state index contributed by atoms with van der Waals surface area (Å²) in [5.74, 6) is -0.137. The quantitative estimate of drug-likeness (QED) is 0.675. The molecule has 0 unspecified atom stereocenters. The summed E-state index contributed by atoms with van der Waals surface area (Å²) in [5.41, 5.74) is 1.58. The summed E-state index contributed by atoms with van der Waals surface area (Å²) in [7, 11) is 3.36. The van der Waals surface area contributed by atoms with Gasteiger partial charge in [0.25, 0.3) is 5.91 Å². The molecule has 5 heteroatoms. The summed E-state index contributed by atoms with van der Waals surface area (Å²) in [6.45, 7) is 0. The van der Waals surface area contributed by atoms with Crippen molar-refractivity contribution in [3.8, 4) is 0 Å². The number of fused-ring (bicyclic) bond motifs is 1. The van der Waals surface area contributed by atoms with Crippen LogP contribution in [0.3, 0.4) is 0 Å². The Bertz CT molecular complexity index is 504. The Balaban J connectivity index is 2.66. The average Bonchev–Trinajstić information content (AvgIpc) is 2.27. The van der Waals surface area contributed by atoms with Gasteiger partial charge >= 0.3 is 0 Å². The zero-order valence-electron chi connectivity index (χ0n) is 8.43. The Labute approximate surface area is 86.8 Å². The monoisotopic (exact) mass is 201 g/mol. The third-order valence-electron chi connectivity index (χ3n) is 1.97. The van der Waals surface area contributed by atoms with Crippen molar-refractivity contribution in [1.82, 2.24) is 19.9 Å². The molecule has 0 spiro atoms. The number of pyridine rings is 1. The fourth-order valence-electron chi connectivity index (χ4n) is 1.24. The standard InChI is InChI=1S/C10H9N4O/c1-14(2)10(15)7-5-11-6-8-9(7)13-4-3-12-8/h3,5-6H,1-2H3. The minimum Gasteiger partial charge on any atom is -0.345 e. The van der Waals surface area contributed by atoms with Gasteiger partial charge in [0.05, 0.1) is 18.0 Å². The van der Waals surface area contributed by atoms with Crippen molar-refractivity contribution >= 4 is 16.9 Å². The third kappa shape index (κ3) is 1.63. The van der Waals surface area contributed by atoms with Crippen LogP contribution in [0, 0.1) is 6.20 Å². The number of hydrogen-bond acceptors (Lipinski definition) is 4. The van der Waals surface area contributed by atoms with E-state index in [1.165, 1.54) is 17.3 Å². The maximum absolute atomic E-state index is 11.8. The highest BCUT2D eigenvalue weighted by Crippen LogP contribution is 2.12. The predicted octanol–water partition coefficient (Wildman–Crippen LogP) is 0.527. The number of nitrogens with zero attached hydrogens (tertiary/aromatic N) is 4. The van der Waals surface area contributed by atoms with Gasteiger partial charge < -0.3 is 4.90 Å². The van der Waals surface area contributed by atoms with E-state index in [1.54, 1.807) is 20.3 Å². The van der Waals surface area contributed by atoms with E-state index < -0.39 is 0 Å². The first-order valence-electron chi connectivity index (χ1n) is 4.38. The molecule has 1 radical (unpaired) electrons. The van der Waals surface area contributed by atoms with Crippen LogP contribution in [-0.2, 0) is 0 Å². The van der Waals surface area contributed by atoms with Crippen molar-refractivity contribution in [2.24, 2.45) is 0 Å². The summed E-state index contributed by atoms with van der Waals surface area (Å²) in [6.07, 6.45) is 7.13. The van der Waals surface area contributed by atoms with Crippen LogP contribution in [-0.4, -0.2) is 39.9 Å². The maximum atomic E-state index is 11.8. The Hall–Kier alpha value is -2.04. The fraction of sp³-hybridized carbons (Fsp3) is 0.200.